The highest BCUT2D eigenvalue weighted by molar-refractivity contribution is 7.89. The number of aromatic nitrogens is 3. The maximum Gasteiger partial charge on any atom is 0.243 e. The Labute approximate surface area is 450 Å². The van der Waals surface area contributed by atoms with Crippen LogP contribution < -0.4 is 9.80 Å². The van der Waals surface area contributed by atoms with Crippen molar-refractivity contribution in [2.75, 3.05) is 111 Å². The Morgan fingerprint density at radius 2 is 1.11 bits per heavy atom. The summed E-state index contributed by atoms with van der Waals surface area (Å²) in [6, 6.07) is 30.8. The Bertz CT molecular complexity index is 3380. The fraction of sp³-hybridized carbons (Fsp3) is 0.386. The van der Waals surface area contributed by atoms with Crippen LogP contribution in [-0.4, -0.2) is 163 Å². The van der Waals surface area contributed by atoms with Crippen molar-refractivity contribution in [3.63, 3.8) is 0 Å². The van der Waals surface area contributed by atoms with Crippen LogP contribution in [0.5, 0.6) is 0 Å². The third-order valence-electron chi connectivity index (χ3n) is 14.1. The second-order valence-corrected chi connectivity index (χ2v) is 23.9. The van der Waals surface area contributed by atoms with Gasteiger partial charge in [0.2, 0.25) is 31.9 Å². The fourth-order valence-electron chi connectivity index (χ4n) is 9.60. The summed E-state index contributed by atoms with van der Waals surface area (Å²) in [5.41, 5.74) is 10.7. The summed E-state index contributed by atoms with van der Waals surface area (Å²) < 4.78 is 66.9. The summed E-state index contributed by atoms with van der Waals surface area (Å²) in [4.78, 5) is 44.6. The topological polar surface area (TPSA) is 185 Å². The van der Waals surface area contributed by atoms with Crippen molar-refractivity contribution in [2.45, 2.75) is 55.9 Å². The molecule has 2 saturated heterocycles. The number of sulfonamides is 2. The van der Waals surface area contributed by atoms with Crippen LogP contribution in [0.2, 0.25) is 0 Å². The van der Waals surface area contributed by atoms with Gasteiger partial charge >= 0.3 is 0 Å². The molecule has 0 radical (unpaired) electrons. The average Bonchev–Trinajstić information content (AvgIpc) is 4.31. The van der Waals surface area contributed by atoms with Crippen LogP contribution in [-0.2, 0) is 45.7 Å². The van der Waals surface area contributed by atoms with Gasteiger partial charge in [0.15, 0.2) is 0 Å². The van der Waals surface area contributed by atoms with Gasteiger partial charge in [-0.3, -0.25) is 14.6 Å². The number of methoxy groups -OCH3 is 1. The van der Waals surface area contributed by atoms with Crippen molar-refractivity contribution < 1.29 is 38.8 Å². The Balaban J connectivity index is 0.000000246. The van der Waals surface area contributed by atoms with E-state index in [1.807, 2.05) is 38.1 Å². The molecule has 0 bridgehead atoms. The molecule has 5 heterocycles. The number of pyridine rings is 1. The van der Waals surface area contributed by atoms with Gasteiger partial charge in [-0.2, -0.15) is 8.61 Å². The number of ether oxygens (including phenoxy) is 2. The number of nitrogens with zero attached hydrogens (tertiary/aromatic N) is 7. The van der Waals surface area contributed by atoms with Gasteiger partial charge in [0.05, 0.1) is 42.7 Å². The molecule has 0 unspecified atom stereocenters. The van der Waals surface area contributed by atoms with Gasteiger partial charge in [0.1, 0.15) is 0 Å². The first-order chi connectivity index (χ1) is 36.4. The Hall–Kier alpha value is -6.61. The lowest BCUT2D eigenvalue weighted by molar-refractivity contribution is -0.131. The van der Waals surface area contributed by atoms with Gasteiger partial charge in [0.25, 0.3) is 0 Å². The normalized spacial score (nSPS) is 14.0. The van der Waals surface area contributed by atoms with E-state index in [2.05, 4.69) is 73.3 Å². The number of carbonyl (C=O) groups excluding carboxylic acids is 2. The largest absolute Gasteiger partial charge is 0.382 e. The Kier molecular flexibility index (Phi) is 18.0. The molecule has 19 heteroatoms. The SMILES string of the molecule is COCCOCCN(C)C(=O)CN(C)S(=O)(=O)c1ccc(N2CCCC2)c(-c2cc3ccc(C)cc3[nH]2)c1.Cc1ccc2cc(-c3cc(S(=O)(=O)N(C)CC(=O)N(C)Cc4cccnc4)ccc3N3CCCC3)[nH]c2c1.[HH].[HH]. The first kappa shape index (κ1) is 55.6. The number of fused-ring (bicyclic) bond motifs is 2. The first-order valence-corrected chi connectivity index (χ1v) is 28.6. The minimum absolute atomic E-state index is 0. The van der Waals surface area contributed by atoms with Crippen LogP contribution in [0.15, 0.2) is 119 Å². The van der Waals surface area contributed by atoms with Crippen LogP contribution in [0.25, 0.3) is 44.3 Å². The van der Waals surface area contributed by atoms with Crippen molar-refractivity contribution in [1.82, 2.24) is 33.4 Å². The molecule has 0 atom stereocenters. The number of hydrogen-bond acceptors (Lipinski definition) is 11. The molecule has 9 rings (SSSR count). The lowest BCUT2D eigenvalue weighted by Gasteiger charge is -2.24. The quantitative estimate of drug-likeness (QED) is 0.0699. The second-order valence-electron chi connectivity index (χ2n) is 19.8. The summed E-state index contributed by atoms with van der Waals surface area (Å²) in [6.07, 6.45) is 7.82. The average molecular weight is 1080 g/mol. The van der Waals surface area contributed by atoms with E-state index in [0.29, 0.717) is 32.9 Å². The number of hydrogen-bond donors (Lipinski definition) is 2. The van der Waals surface area contributed by atoms with Gasteiger partial charge in [-0.25, -0.2) is 16.8 Å². The van der Waals surface area contributed by atoms with Crippen molar-refractivity contribution >= 4 is 65.0 Å². The molecular weight excluding hydrogens is 1000 g/mol. The molecule has 408 valence electrons. The number of amides is 2. The van der Waals surface area contributed by atoms with E-state index in [0.717, 1.165) is 133 Å². The monoisotopic (exact) mass is 1080 g/mol. The van der Waals surface area contributed by atoms with Crippen LogP contribution in [0, 0.1) is 13.8 Å². The van der Waals surface area contributed by atoms with Crippen molar-refractivity contribution in [1.29, 1.82) is 0 Å². The molecule has 7 aromatic rings. The third-order valence-corrected chi connectivity index (χ3v) is 17.7. The maximum absolute atomic E-state index is 13.6. The van der Waals surface area contributed by atoms with Gasteiger partial charge in [-0.15, -0.1) is 0 Å². The molecular formula is C57H75N9O8S2. The zero-order valence-electron chi connectivity index (χ0n) is 44.7. The van der Waals surface area contributed by atoms with Crippen LogP contribution in [0.1, 0.15) is 45.2 Å². The minimum Gasteiger partial charge on any atom is -0.382 e. The molecule has 17 nitrogen and oxygen atoms in total. The summed E-state index contributed by atoms with van der Waals surface area (Å²) in [7, 11) is -0.0178. The minimum atomic E-state index is -3.91. The van der Waals surface area contributed by atoms with Gasteiger partial charge < -0.3 is 39.0 Å². The molecule has 0 saturated carbocycles. The highest BCUT2D eigenvalue weighted by Gasteiger charge is 2.29. The van der Waals surface area contributed by atoms with E-state index in [1.165, 1.54) is 23.9 Å². The number of benzene rings is 4. The van der Waals surface area contributed by atoms with Crippen molar-refractivity contribution in [3.05, 3.63) is 126 Å². The first-order valence-electron chi connectivity index (χ1n) is 25.8. The second kappa shape index (κ2) is 24.6. The molecule has 2 amide bonds. The number of aromatic amines is 2. The Morgan fingerprint density at radius 1 is 0.618 bits per heavy atom. The zero-order valence-corrected chi connectivity index (χ0v) is 46.3. The molecule has 2 aliphatic rings. The highest BCUT2D eigenvalue weighted by Crippen LogP contribution is 2.38. The molecule has 3 aromatic heterocycles. The number of likely N-dealkylation sites (N-methyl/N-ethyl adjacent to an activating group) is 4. The van der Waals surface area contributed by atoms with E-state index in [4.69, 9.17) is 9.47 Å². The zero-order chi connectivity index (χ0) is 54.1. The van der Waals surface area contributed by atoms with Crippen LogP contribution >= 0.6 is 0 Å². The van der Waals surface area contributed by atoms with Crippen molar-refractivity contribution in [2.24, 2.45) is 0 Å². The lowest BCUT2D eigenvalue weighted by Crippen LogP contribution is -2.40. The van der Waals surface area contributed by atoms with E-state index in [9.17, 15) is 26.4 Å². The molecule has 0 spiro atoms. The predicted octanol–water partition coefficient (Wildman–Crippen LogP) is 8.40. The van der Waals surface area contributed by atoms with Crippen LogP contribution in [0.3, 0.4) is 0 Å². The van der Waals surface area contributed by atoms with Gasteiger partial charge in [-0.05, 0) is 123 Å². The number of nitrogens with one attached hydrogen (secondary N) is 2. The number of rotatable bonds is 20. The molecule has 4 aromatic carbocycles. The summed E-state index contributed by atoms with van der Waals surface area (Å²) in [5, 5.41) is 2.15. The summed E-state index contributed by atoms with van der Waals surface area (Å²) in [5.74, 6) is -0.592. The van der Waals surface area contributed by atoms with Gasteiger partial charge in [-0.1, -0.05) is 30.3 Å². The van der Waals surface area contributed by atoms with E-state index in [-0.39, 0.29) is 37.5 Å². The number of aryl methyl sites for hydroxylation is 2. The number of anilines is 2. The van der Waals surface area contributed by atoms with E-state index >= 15 is 0 Å². The fourth-order valence-corrected chi connectivity index (χ4v) is 11.9. The standard InChI is InChI=1S/C29H33N5O3S.C28H38N4O5S.2H2/c1-21-8-9-23-16-27(31-26(23)15-21)25-17-24(10-11-28(25)34-13-4-5-14-34)38(36,37)33(3)20-29(35)32(2)19-22-7-6-12-30-18-22;1-21-7-8-22-18-26(29-25(22)17-21)24-19-23(9-10-27(24)32-11-5-6-12-32)38(34,35)31(3)20-28(33)30(2)13-14-37-16-15-36-4;;/h6-12,15-18,31H,4-5,13-14,19-20H2,1-3H3;7-10,17-19,29H,5-6,11-16,20H2,1-4H3;2*1H. The summed E-state index contributed by atoms with van der Waals surface area (Å²) in [6.45, 7) is 9.34. The summed E-state index contributed by atoms with van der Waals surface area (Å²) >= 11 is 0. The number of carbonyl (C=O) groups is 2. The molecule has 0 aliphatic carbocycles. The molecule has 2 aliphatic heterocycles. The number of H-pyrrole nitrogens is 2. The highest BCUT2D eigenvalue weighted by atomic mass is 32.2. The molecule has 2 N–H and O–H groups in total. The van der Waals surface area contributed by atoms with E-state index in [1.54, 1.807) is 57.9 Å². The van der Waals surface area contributed by atoms with Gasteiger partial charge in [0, 0.05) is 146 Å². The van der Waals surface area contributed by atoms with E-state index < -0.39 is 20.0 Å². The van der Waals surface area contributed by atoms with Crippen molar-refractivity contribution in [3.8, 4) is 22.5 Å². The molecule has 76 heavy (non-hydrogen) atoms. The van der Waals surface area contributed by atoms with Crippen LogP contribution in [0.4, 0.5) is 11.4 Å². The smallest absolute Gasteiger partial charge is 0.243 e. The Morgan fingerprint density at radius 3 is 1.57 bits per heavy atom. The lowest BCUT2D eigenvalue weighted by atomic mass is 10.1. The predicted molar refractivity (Wildman–Crippen MR) is 305 cm³/mol. The third kappa shape index (κ3) is 13.1. The molecule has 2 fully saturated rings. The maximum atomic E-state index is 13.6.